The molecule has 0 fully saturated rings. The Bertz CT molecular complexity index is 4390. The summed E-state index contributed by atoms with van der Waals surface area (Å²) in [5, 5.41) is 14.5. The minimum atomic E-state index is -0.0456. The molecule has 11 nitrogen and oxygen atoms in total. The lowest BCUT2D eigenvalue weighted by atomic mass is 9.91. The summed E-state index contributed by atoms with van der Waals surface area (Å²) in [6.45, 7) is 19.4. The average molecular weight is 1610 g/mol. The van der Waals surface area contributed by atoms with Gasteiger partial charge in [-0.3, -0.25) is 0 Å². The predicted molar refractivity (Wildman–Crippen MR) is 506 cm³/mol. The number of H-pyrrole nitrogens is 2. The number of aliphatic hydroxyl groups is 1. The summed E-state index contributed by atoms with van der Waals surface area (Å²) >= 11 is 0. The predicted octanol–water partition coefficient (Wildman–Crippen LogP) is 32.5. The van der Waals surface area contributed by atoms with Crippen molar-refractivity contribution in [2.75, 3.05) is 13.2 Å². The fourth-order valence-electron chi connectivity index (χ4n) is 18.6. The third-order valence-electron chi connectivity index (χ3n) is 25.7. The van der Waals surface area contributed by atoms with Crippen LogP contribution in [0, 0.1) is 0 Å². The maximum atomic E-state index is 10.5. The fraction of sp³-hybridized carbons (Fsp3) is 0.645. The Morgan fingerprint density at radius 2 is 0.508 bits per heavy atom. The van der Waals surface area contributed by atoms with Gasteiger partial charge in [0.05, 0.1) is 30.6 Å². The van der Waals surface area contributed by atoms with E-state index in [0.717, 1.165) is 181 Å². The smallest absolute Gasteiger partial charge is 0.165 e. The van der Waals surface area contributed by atoms with Gasteiger partial charge < -0.3 is 24.5 Å². The number of benzene rings is 5. The number of aromatic nitrogens is 8. The van der Waals surface area contributed by atoms with Gasteiger partial charge in [-0.2, -0.15) is 0 Å². The molecule has 10 rings (SSSR count). The molecule has 0 saturated heterocycles. The van der Waals surface area contributed by atoms with Crippen LogP contribution in [0.2, 0.25) is 0 Å². The minimum Gasteiger partial charge on any atom is -0.493 e. The molecular weight excluding hydrogens is 1450 g/mol. The highest BCUT2D eigenvalue weighted by Gasteiger charge is 2.32. The zero-order chi connectivity index (χ0) is 82.6. The third kappa shape index (κ3) is 27.8. The number of ether oxygens (including phenoxy) is 2. The van der Waals surface area contributed by atoms with Gasteiger partial charge >= 0.3 is 0 Å². The Hall–Kier alpha value is -6.98. The molecule has 0 radical (unpaired) electrons. The van der Waals surface area contributed by atoms with Gasteiger partial charge in [-0.15, -0.1) is 0 Å². The molecule has 0 atom stereocenters. The van der Waals surface area contributed by atoms with Gasteiger partial charge in [0.2, 0.25) is 0 Å². The molecule has 11 heteroatoms. The first-order chi connectivity index (χ1) is 58.3. The lowest BCUT2D eigenvalue weighted by Crippen LogP contribution is -2.02. The van der Waals surface area contributed by atoms with Crippen molar-refractivity contribution in [2.45, 2.75) is 434 Å². The molecule has 646 valence electrons. The van der Waals surface area contributed by atoms with Crippen LogP contribution in [0.5, 0.6) is 11.5 Å². The molecule has 0 unspecified atom stereocenters. The van der Waals surface area contributed by atoms with Gasteiger partial charge in [0, 0.05) is 38.6 Å². The molecule has 0 amide bonds. The van der Waals surface area contributed by atoms with Crippen molar-refractivity contribution < 1.29 is 14.6 Å². The van der Waals surface area contributed by atoms with Crippen molar-refractivity contribution in [3.8, 4) is 68.2 Å². The number of fused-ring (bicyclic) bond motifs is 20. The molecule has 0 spiro atoms. The van der Waals surface area contributed by atoms with Gasteiger partial charge in [-0.05, 0) is 140 Å². The van der Waals surface area contributed by atoms with Crippen molar-refractivity contribution in [1.82, 2.24) is 39.9 Å². The summed E-state index contributed by atoms with van der Waals surface area (Å²) in [6.07, 6.45) is 69.6. The quantitative estimate of drug-likeness (QED) is 0.0317. The van der Waals surface area contributed by atoms with Crippen LogP contribution in [0.3, 0.4) is 0 Å². The summed E-state index contributed by atoms with van der Waals surface area (Å²) < 4.78 is 14.7. The molecule has 8 bridgehead atoms. The number of unbranched alkanes of at least 4 members (excludes halogenated alkanes) is 44. The van der Waals surface area contributed by atoms with Crippen LogP contribution in [-0.2, 0) is 45.1 Å². The van der Waals surface area contributed by atoms with E-state index in [4.69, 9.17) is 39.4 Å². The summed E-state index contributed by atoms with van der Waals surface area (Å²) in [7, 11) is 0. The number of hydrogen-bond acceptors (Lipinski definition) is 9. The van der Waals surface area contributed by atoms with Crippen LogP contribution in [-0.4, -0.2) is 58.2 Å². The number of aryl methyl sites for hydroxylation is 6. The van der Waals surface area contributed by atoms with Crippen LogP contribution in [0.15, 0.2) is 66.7 Å². The van der Waals surface area contributed by atoms with Crippen molar-refractivity contribution in [2.24, 2.45) is 0 Å². The number of nitrogens with one attached hydrogen (secondary N) is 2. The molecular formula is C107H160N8O3. The number of aliphatic hydroxyl groups excluding tert-OH is 1. The molecule has 3 N–H and O–H groups in total. The molecule has 8 aromatic rings. The molecule has 118 heavy (non-hydrogen) atoms. The number of hydrogen-bond donors (Lipinski definition) is 3. The van der Waals surface area contributed by atoms with Crippen molar-refractivity contribution in [3.63, 3.8) is 0 Å². The van der Waals surface area contributed by atoms with E-state index >= 15 is 0 Å². The van der Waals surface area contributed by atoms with Gasteiger partial charge in [-0.25, -0.2) is 29.9 Å². The Labute approximate surface area is 715 Å². The van der Waals surface area contributed by atoms with E-state index in [9.17, 15) is 5.11 Å². The highest BCUT2D eigenvalue weighted by Crippen LogP contribution is 2.49. The molecule has 2 aliphatic heterocycles. The highest BCUT2D eigenvalue weighted by molar-refractivity contribution is 6.15. The first-order valence-electron chi connectivity index (χ1n) is 49.7. The van der Waals surface area contributed by atoms with E-state index < -0.39 is 0 Å². The third-order valence-corrected chi connectivity index (χ3v) is 25.7. The first-order valence-corrected chi connectivity index (χ1v) is 49.7. The average Bonchev–Trinajstić information content (AvgIpc) is 1.57. The maximum Gasteiger partial charge on any atom is 0.165 e. The van der Waals surface area contributed by atoms with Crippen molar-refractivity contribution >= 4 is 44.1 Å². The van der Waals surface area contributed by atoms with Crippen LogP contribution in [0.25, 0.3) is 101 Å². The second kappa shape index (κ2) is 53.7. The zero-order valence-electron chi connectivity index (χ0n) is 75.9. The van der Waals surface area contributed by atoms with E-state index in [1.54, 1.807) is 0 Å². The lowest BCUT2D eigenvalue weighted by molar-refractivity contribution is 0.282. The van der Waals surface area contributed by atoms with Crippen molar-refractivity contribution in [1.29, 1.82) is 0 Å². The second-order valence-electron chi connectivity index (χ2n) is 35.6. The minimum absolute atomic E-state index is 0.0456. The topological polar surface area (TPSA) is 148 Å². The van der Waals surface area contributed by atoms with Gasteiger partial charge in [0.25, 0.3) is 0 Å². The normalized spacial score (nSPS) is 12.0. The highest BCUT2D eigenvalue weighted by atomic mass is 16.5. The van der Waals surface area contributed by atoms with E-state index in [1.807, 2.05) is 12.1 Å². The number of nitrogens with zero attached hydrogens (tertiary/aromatic N) is 6. The van der Waals surface area contributed by atoms with E-state index in [1.165, 1.54) is 314 Å². The zero-order valence-corrected chi connectivity index (χ0v) is 75.9. The van der Waals surface area contributed by atoms with Crippen LogP contribution in [0.4, 0.5) is 0 Å². The monoisotopic (exact) mass is 1610 g/mol. The SMILES string of the molecule is CCCCCCCCCCc1ccc(CCCCCCCCCC)c2c1-c1nc-2nc2[nH]c(nc3nc(nc4[nH]c(n1)c1c(CCCCCCCCCC)ccc(CCCCCCCCCC)c41)-c1c(CCCCCCCCCC)ccc(CCCCCCCCCC)c1-3)c1c(OCCCC)c(-c3ccc(CO)cc3)cc(OCCCC)c21. The van der Waals surface area contributed by atoms with Crippen LogP contribution in [0.1, 0.15) is 428 Å². The molecule has 0 saturated carbocycles. The summed E-state index contributed by atoms with van der Waals surface area (Å²) in [5.41, 5.74) is 18.0. The Balaban J connectivity index is 1.33. The molecule has 5 heterocycles. The van der Waals surface area contributed by atoms with Crippen LogP contribution >= 0.6 is 0 Å². The Morgan fingerprint density at radius 1 is 0.254 bits per heavy atom. The largest absolute Gasteiger partial charge is 0.493 e. The number of aromatic amines is 2. The first kappa shape index (κ1) is 93.3. The summed E-state index contributed by atoms with van der Waals surface area (Å²) in [6, 6.07) is 25.3. The fourth-order valence-corrected chi connectivity index (χ4v) is 18.6. The van der Waals surface area contributed by atoms with E-state index in [-0.39, 0.29) is 6.61 Å². The Morgan fingerprint density at radius 3 is 0.805 bits per heavy atom. The maximum absolute atomic E-state index is 10.5. The molecule has 5 aromatic carbocycles. The number of rotatable bonds is 64. The molecule has 0 aliphatic carbocycles. The van der Waals surface area contributed by atoms with Gasteiger partial charge in [-0.1, -0.05) is 399 Å². The second-order valence-corrected chi connectivity index (χ2v) is 35.6. The standard InChI is InChI=1S/C107H160N8O3/c1-9-17-25-31-37-43-49-55-61-83-71-72-84(62-56-50-44-38-32-26-18-10-2)92-91(83)100-108-101(92)110-103-94-86(64-58-52-46-40-34-28-20-12-4)74-76-88(66-60-54-48-42-36-30-22-14-6)96(94)105(112-103)114-107-98-97(90(117-77-23-15-7)79-89(99(98)118-78-24-16-8)82-69-67-81(80-116)68-70-82)106(115-107)113-104-95-87(65-59-53-47-41-35-29-21-13-5)75-73-85(93(95)102(109-100)111-104)63-57-51-45-39-33-27-19-11-3/h67-76,79,116H,9-66,77-78,80H2,1-8H3,(H2,108,109,110,111,112,113,114,115). The summed E-state index contributed by atoms with van der Waals surface area (Å²) in [4.78, 5) is 44.9. The molecule has 2 aliphatic rings. The van der Waals surface area contributed by atoms with Crippen LogP contribution < -0.4 is 9.47 Å². The summed E-state index contributed by atoms with van der Waals surface area (Å²) in [5.74, 6) is 4.23. The Kier molecular flexibility index (Phi) is 42.5. The van der Waals surface area contributed by atoms with Gasteiger partial charge in [0.15, 0.2) is 23.3 Å². The van der Waals surface area contributed by atoms with E-state index in [2.05, 4.69) is 120 Å². The van der Waals surface area contributed by atoms with Gasteiger partial charge in [0.1, 0.15) is 34.1 Å². The van der Waals surface area contributed by atoms with Crippen molar-refractivity contribution in [3.05, 3.63) is 106 Å². The lowest BCUT2D eigenvalue weighted by Gasteiger charge is -2.17. The molecule has 3 aromatic heterocycles. The van der Waals surface area contributed by atoms with E-state index in [0.29, 0.717) is 41.9 Å².